The van der Waals surface area contributed by atoms with Crippen molar-refractivity contribution < 1.29 is 75.8 Å². The Bertz CT molecular complexity index is 3170. The summed E-state index contributed by atoms with van der Waals surface area (Å²) in [5.41, 5.74) is 6.76. The molecule has 0 saturated carbocycles. The van der Waals surface area contributed by atoms with E-state index >= 15 is 0 Å². The van der Waals surface area contributed by atoms with Crippen LogP contribution in [-0.4, -0.2) is 124 Å². The second kappa shape index (κ2) is 30.3. The lowest BCUT2D eigenvalue weighted by Crippen LogP contribution is -2.64. The van der Waals surface area contributed by atoms with E-state index in [-0.39, 0.29) is 59.5 Å². The Hall–Kier alpha value is -6.10. The lowest BCUT2D eigenvalue weighted by molar-refractivity contribution is -0.356. The zero-order valence-electron chi connectivity index (χ0n) is 51.0. The van der Waals surface area contributed by atoms with E-state index in [1.165, 1.54) is 0 Å². The number of rotatable bonds is 28. The van der Waals surface area contributed by atoms with E-state index in [0.717, 1.165) is 38.9 Å². The molecule has 5 aliphatic heterocycles. The molecule has 0 N–H and O–H groups in total. The number of fused-ring (bicyclic) bond motifs is 3. The minimum absolute atomic E-state index is 0.0192. The Balaban J connectivity index is 0.905. The molecule has 9 unspecified atom stereocenters. The van der Waals surface area contributed by atoms with E-state index in [9.17, 15) is 0 Å². The first-order valence-electron chi connectivity index (χ1n) is 31.0. The number of ether oxygens (including phenoxy) is 16. The molecule has 7 aromatic rings. The van der Waals surface area contributed by atoms with Crippen molar-refractivity contribution in [1.29, 1.82) is 0 Å². The molecule has 5 fully saturated rings. The third-order valence-corrected chi connectivity index (χ3v) is 16.4. The highest BCUT2D eigenvalue weighted by atomic mass is 16.9. The van der Waals surface area contributed by atoms with E-state index in [4.69, 9.17) is 75.8 Å². The highest BCUT2D eigenvalue weighted by molar-refractivity contribution is 5.19. The smallest absolute Gasteiger partial charge is 0.190 e. The molecule has 16 nitrogen and oxygen atoms in total. The van der Waals surface area contributed by atoms with Gasteiger partial charge in [-0.2, -0.15) is 0 Å². The molecule has 5 heterocycles. The molecule has 7 aromatic carbocycles. The van der Waals surface area contributed by atoms with Crippen LogP contribution in [-0.2, 0) is 122 Å². The Morgan fingerprint density at radius 3 is 0.944 bits per heavy atom. The molecular weight excluding hydrogens is 1130 g/mol. The van der Waals surface area contributed by atoms with Crippen molar-refractivity contribution >= 4 is 0 Å². The minimum Gasteiger partial charge on any atom is -0.374 e. The second-order valence-corrected chi connectivity index (χ2v) is 24.0. The average Bonchev–Trinajstić information content (AvgIpc) is 1.70. The fraction of sp³-hybridized carbons (Fsp3) is 0.425. The largest absolute Gasteiger partial charge is 0.374 e. The third kappa shape index (κ3) is 16.9. The molecule has 0 amide bonds. The molecule has 0 aromatic heterocycles. The minimum atomic E-state index is -1.11. The van der Waals surface area contributed by atoms with Gasteiger partial charge >= 0.3 is 0 Å². The van der Waals surface area contributed by atoms with Crippen molar-refractivity contribution in [2.75, 3.05) is 19.8 Å². The molecular formula is C73H82O16. The van der Waals surface area contributed by atoms with Gasteiger partial charge in [0.1, 0.15) is 73.2 Å². The first-order chi connectivity index (χ1) is 43.6. The summed E-state index contributed by atoms with van der Waals surface area (Å²) in [4.78, 5) is 0. The van der Waals surface area contributed by atoms with Gasteiger partial charge in [-0.25, -0.2) is 0 Å². The third-order valence-electron chi connectivity index (χ3n) is 16.4. The predicted octanol–water partition coefficient (Wildman–Crippen LogP) is 11.6. The van der Waals surface area contributed by atoms with Gasteiger partial charge in [0.2, 0.25) is 0 Å². The molecule has 0 aliphatic carbocycles. The Morgan fingerprint density at radius 2 is 0.562 bits per heavy atom. The topological polar surface area (TPSA) is 148 Å². The van der Waals surface area contributed by atoms with Crippen molar-refractivity contribution in [3.8, 4) is 0 Å². The lowest BCUT2D eigenvalue weighted by Gasteiger charge is -2.48. The Labute approximate surface area is 522 Å². The summed E-state index contributed by atoms with van der Waals surface area (Å²) >= 11 is 0. The number of hydrogen-bond acceptors (Lipinski definition) is 16. The fourth-order valence-electron chi connectivity index (χ4n) is 12.1. The van der Waals surface area contributed by atoms with Crippen molar-refractivity contribution in [2.24, 2.45) is 0 Å². The highest BCUT2D eigenvalue weighted by Crippen LogP contribution is 2.45. The van der Waals surface area contributed by atoms with Crippen LogP contribution in [0.1, 0.15) is 66.6 Å². The van der Waals surface area contributed by atoms with Gasteiger partial charge in [-0.3, -0.25) is 0 Å². The molecule has 16 heteroatoms. The summed E-state index contributed by atoms with van der Waals surface area (Å²) in [5.74, 6) is -1.86. The maximum Gasteiger partial charge on any atom is 0.190 e. The van der Waals surface area contributed by atoms with Gasteiger partial charge in [0.05, 0.1) is 66.1 Å². The molecule has 89 heavy (non-hydrogen) atoms. The van der Waals surface area contributed by atoms with Gasteiger partial charge in [-0.05, 0) is 66.6 Å². The van der Waals surface area contributed by atoms with E-state index < -0.39 is 104 Å². The predicted molar refractivity (Wildman–Crippen MR) is 328 cm³/mol. The summed E-state index contributed by atoms with van der Waals surface area (Å²) < 4.78 is 111. The Morgan fingerprint density at radius 1 is 0.270 bits per heavy atom. The van der Waals surface area contributed by atoms with Crippen molar-refractivity contribution in [2.45, 2.75) is 178 Å². The lowest BCUT2D eigenvalue weighted by atomic mass is 9.96. The molecule has 0 radical (unpaired) electrons. The summed E-state index contributed by atoms with van der Waals surface area (Å²) in [6.07, 6.45) is -11.8. The molecule has 5 aliphatic rings. The summed E-state index contributed by atoms with van der Waals surface area (Å²) in [7, 11) is 0. The zero-order valence-corrected chi connectivity index (χ0v) is 51.0. The van der Waals surface area contributed by atoms with Crippen LogP contribution in [0.4, 0.5) is 0 Å². The van der Waals surface area contributed by atoms with Gasteiger partial charge in [0, 0.05) is 0 Å². The van der Waals surface area contributed by atoms with Crippen LogP contribution in [0.25, 0.3) is 0 Å². The SMILES string of the molecule is CC1(C)OC2C3OC(C)(C)O[C@H]3C(CO[C@@H]3OC(CO[C@H]4OC(COCc5ccccc5)[C@@H](OCc5ccccc5)C(OCc5ccccc5)C4OCc4ccccc4)[C@@H](OCc4ccccc4)C(OCc4ccccc4)C3OCc3ccccc3)O[C@@H]2O1. The standard InChI is InChI=1S/C73H82O16/c1-72(2)86-62-59(85-71-68(65(62)87-72)88-73(3,4)89-71)49-82-70-67(80-46-56-38-24-11-25-39-56)64(78-44-54-34-20-9-21-35-54)61(76-42-52-30-16-7-17-31-52)58(84-70)48-81-69-66(79-45-55-36-22-10-23-37-55)63(77-43-53-32-18-8-19-33-53)60(75-41-51-28-14-6-15-29-51)57(83-69)47-74-40-50-26-12-5-13-27-50/h5-39,57-71H,40-49H2,1-4H3/t57?,58?,59?,60-,61-,62+,63?,64?,65?,66?,67?,68?,69+,70-,71-/m1/s1. The van der Waals surface area contributed by atoms with Crippen LogP contribution < -0.4 is 0 Å². The van der Waals surface area contributed by atoms with Gasteiger partial charge in [-0.15, -0.1) is 0 Å². The van der Waals surface area contributed by atoms with Crippen molar-refractivity contribution in [1.82, 2.24) is 0 Å². The quantitative estimate of drug-likeness (QED) is 0.0458. The molecule has 15 atom stereocenters. The van der Waals surface area contributed by atoms with Crippen LogP contribution in [0.5, 0.6) is 0 Å². The van der Waals surface area contributed by atoms with Crippen LogP contribution in [0.3, 0.4) is 0 Å². The van der Waals surface area contributed by atoms with Gasteiger partial charge < -0.3 is 75.8 Å². The Kier molecular flexibility index (Phi) is 21.5. The zero-order chi connectivity index (χ0) is 60.8. The van der Waals surface area contributed by atoms with Gasteiger partial charge in [0.15, 0.2) is 30.4 Å². The molecule has 0 bridgehead atoms. The van der Waals surface area contributed by atoms with Crippen molar-refractivity contribution in [3.63, 3.8) is 0 Å². The average molecular weight is 1220 g/mol. The molecule has 5 saturated heterocycles. The molecule has 0 spiro atoms. The normalized spacial score (nSPS) is 29.5. The number of benzene rings is 7. The summed E-state index contributed by atoms with van der Waals surface area (Å²) in [5, 5.41) is 0. The molecule has 470 valence electrons. The van der Waals surface area contributed by atoms with E-state index in [1.54, 1.807) is 0 Å². The van der Waals surface area contributed by atoms with Crippen molar-refractivity contribution in [3.05, 3.63) is 251 Å². The molecule has 12 rings (SSSR count). The summed E-state index contributed by atoms with van der Waals surface area (Å²) in [6.45, 7) is 9.18. The van der Waals surface area contributed by atoms with Gasteiger partial charge in [0.25, 0.3) is 0 Å². The second-order valence-electron chi connectivity index (χ2n) is 24.0. The summed E-state index contributed by atoms with van der Waals surface area (Å²) in [6, 6.07) is 70.2. The first-order valence-corrected chi connectivity index (χ1v) is 31.0. The van der Waals surface area contributed by atoms with Crippen LogP contribution in [0, 0.1) is 0 Å². The maximum atomic E-state index is 7.33. The monoisotopic (exact) mass is 1210 g/mol. The van der Waals surface area contributed by atoms with Crippen LogP contribution in [0.15, 0.2) is 212 Å². The van der Waals surface area contributed by atoms with Crippen LogP contribution in [0.2, 0.25) is 0 Å². The fourth-order valence-corrected chi connectivity index (χ4v) is 12.1. The highest BCUT2D eigenvalue weighted by Gasteiger charge is 2.61. The van der Waals surface area contributed by atoms with Crippen LogP contribution >= 0.6 is 0 Å². The van der Waals surface area contributed by atoms with Gasteiger partial charge in [-0.1, -0.05) is 212 Å². The van der Waals surface area contributed by atoms with E-state index in [1.807, 2.05) is 240 Å². The maximum absolute atomic E-state index is 7.33. The van der Waals surface area contributed by atoms with E-state index in [2.05, 4.69) is 0 Å². The number of hydrogen-bond donors (Lipinski definition) is 0. The first kappa shape index (κ1) is 63.1. The van der Waals surface area contributed by atoms with E-state index in [0.29, 0.717) is 6.61 Å².